The van der Waals surface area contributed by atoms with Gasteiger partial charge in [-0.1, -0.05) is 35.4 Å². The molecule has 0 radical (unpaired) electrons. The number of aryl methyl sites for hydroxylation is 2. The Morgan fingerprint density at radius 1 is 1.12 bits per heavy atom. The molecule has 0 fully saturated rings. The van der Waals surface area contributed by atoms with Gasteiger partial charge in [-0.25, -0.2) is 0 Å². The van der Waals surface area contributed by atoms with Gasteiger partial charge in [0, 0.05) is 6.20 Å². The van der Waals surface area contributed by atoms with E-state index in [9.17, 15) is 0 Å². The van der Waals surface area contributed by atoms with Crippen LogP contribution in [0.1, 0.15) is 28.4 Å². The largest absolute Gasteiger partial charge is 0.322 e. The highest BCUT2D eigenvalue weighted by atomic mass is 14.8. The van der Waals surface area contributed by atoms with Crippen molar-refractivity contribution in [2.24, 2.45) is 5.73 Å². The van der Waals surface area contributed by atoms with E-state index in [1.165, 1.54) is 16.7 Å². The summed E-state index contributed by atoms with van der Waals surface area (Å²) in [6.07, 6.45) is 2.62. The third-order valence-electron chi connectivity index (χ3n) is 2.80. The maximum absolute atomic E-state index is 6.16. The van der Waals surface area contributed by atoms with E-state index < -0.39 is 0 Å². The predicted octanol–water partition coefficient (Wildman–Crippen LogP) is 2.94. The predicted molar refractivity (Wildman–Crippen MR) is 70.8 cm³/mol. The standard InChI is InChI=1S/C15H18N2/c1-11-7-12(2)9-13(8-11)10-14(16)15-5-3-4-6-17-15/h3-9,14H,10,16H2,1-2H3. The quantitative estimate of drug-likeness (QED) is 0.874. The average Bonchev–Trinajstić information content (AvgIpc) is 2.28. The molecule has 2 nitrogen and oxygen atoms in total. The number of nitrogens with two attached hydrogens (primary N) is 1. The Hall–Kier alpha value is -1.67. The zero-order valence-electron chi connectivity index (χ0n) is 10.4. The third-order valence-corrected chi connectivity index (χ3v) is 2.80. The van der Waals surface area contributed by atoms with Gasteiger partial charge in [-0.05, 0) is 38.0 Å². The van der Waals surface area contributed by atoms with Crippen molar-refractivity contribution in [3.63, 3.8) is 0 Å². The minimum Gasteiger partial charge on any atom is -0.322 e. The summed E-state index contributed by atoms with van der Waals surface area (Å²) in [5.41, 5.74) is 11.0. The first-order valence-electron chi connectivity index (χ1n) is 5.89. The van der Waals surface area contributed by atoms with Crippen LogP contribution in [-0.2, 0) is 6.42 Å². The summed E-state index contributed by atoms with van der Waals surface area (Å²) in [6, 6.07) is 12.4. The van der Waals surface area contributed by atoms with E-state index in [1.807, 2.05) is 18.2 Å². The first-order valence-corrected chi connectivity index (χ1v) is 5.89. The van der Waals surface area contributed by atoms with Crippen LogP contribution < -0.4 is 5.73 Å². The minimum atomic E-state index is -0.0302. The van der Waals surface area contributed by atoms with Gasteiger partial charge in [0.1, 0.15) is 0 Å². The van der Waals surface area contributed by atoms with Crippen molar-refractivity contribution in [1.29, 1.82) is 0 Å². The molecule has 0 spiro atoms. The average molecular weight is 226 g/mol. The maximum Gasteiger partial charge on any atom is 0.0574 e. The number of benzene rings is 1. The van der Waals surface area contributed by atoms with E-state index in [1.54, 1.807) is 6.20 Å². The van der Waals surface area contributed by atoms with E-state index in [4.69, 9.17) is 5.73 Å². The van der Waals surface area contributed by atoms with Gasteiger partial charge in [0.15, 0.2) is 0 Å². The molecular weight excluding hydrogens is 208 g/mol. The SMILES string of the molecule is Cc1cc(C)cc(CC(N)c2ccccn2)c1. The van der Waals surface area contributed by atoms with Gasteiger partial charge < -0.3 is 5.73 Å². The van der Waals surface area contributed by atoms with Crippen LogP contribution in [0.25, 0.3) is 0 Å². The molecule has 17 heavy (non-hydrogen) atoms. The van der Waals surface area contributed by atoms with E-state index in [0.29, 0.717) is 0 Å². The van der Waals surface area contributed by atoms with Gasteiger partial charge in [-0.3, -0.25) is 4.98 Å². The number of aromatic nitrogens is 1. The number of rotatable bonds is 3. The molecule has 1 aromatic heterocycles. The Kier molecular flexibility index (Phi) is 3.55. The van der Waals surface area contributed by atoms with Gasteiger partial charge in [0.05, 0.1) is 11.7 Å². The number of nitrogens with zero attached hydrogens (tertiary/aromatic N) is 1. The van der Waals surface area contributed by atoms with Crippen molar-refractivity contribution in [1.82, 2.24) is 4.98 Å². The number of pyridine rings is 1. The molecule has 0 saturated carbocycles. The summed E-state index contributed by atoms with van der Waals surface area (Å²) in [6.45, 7) is 4.23. The van der Waals surface area contributed by atoms with Gasteiger partial charge in [0.25, 0.3) is 0 Å². The number of hydrogen-bond acceptors (Lipinski definition) is 2. The monoisotopic (exact) mass is 226 g/mol. The van der Waals surface area contributed by atoms with Crippen LogP contribution in [0.2, 0.25) is 0 Å². The Labute approximate surface area is 103 Å². The van der Waals surface area contributed by atoms with Crippen LogP contribution in [0.15, 0.2) is 42.6 Å². The zero-order chi connectivity index (χ0) is 12.3. The van der Waals surface area contributed by atoms with E-state index in [0.717, 1.165) is 12.1 Å². The van der Waals surface area contributed by atoms with Crippen LogP contribution in [0, 0.1) is 13.8 Å². The zero-order valence-corrected chi connectivity index (χ0v) is 10.4. The lowest BCUT2D eigenvalue weighted by Crippen LogP contribution is -2.14. The lowest BCUT2D eigenvalue weighted by Gasteiger charge is -2.12. The van der Waals surface area contributed by atoms with Crippen molar-refractivity contribution in [2.75, 3.05) is 0 Å². The molecule has 0 aliphatic rings. The molecule has 0 aliphatic carbocycles. The molecule has 0 saturated heterocycles. The topological polar surface area (TPSA) is 38.9 Å². The van der Waals surface area contributed by atoms with E-state index in [2.05, 4.69) is 37.0 Å². The van der Waals surface area contributed by atoms with Crippen LogP contribution in [0.4, 0.5) is 0 Å². The highest BCUT2D eigenvalue weighted by Crippen LogP contribution is 2.16. The molecule has 1 heterocycles. The lowest BCUT2D eigenvalue weighted by atomic mass is 10.00. The summed E-state index contributed by atoms with van der Waals surface area (Å²) in [4.78, 5) is 4.29. The fourth-order valence-electron chi connectivity index (χ4n) is 2.14. The van der Waals surface area contributed by atoms with Crippen molar-refractivity contribution in [2.45, 2.75) is 26.3 Å². The van der Waals surface area contributed by atoms with Gasteiger partial charge in [-0.2, -0.15) is 0 Å². The van der Waals surface area contributed by atoms with Crippen molar-refractivity contribution in [3.05, 3.63) is 65.0 Å². The smallest absolute Gasteiger partial charge is 0.0574 e. The molecule has 0 aliphatic heterocycles. The Bertz CT molecular complexity index is 471. The molecule has 1 aromatic carbocycles. The van der Waals surface area contributed by atoms with Crippen LogP contribution >= 0.6 is 0 Å². The molecule has 2 N–H and O–H groups in total. The highest BCUT2D eigenvalue weighted by molar-refractivity contribution is 5.29. The fraction of sp³-hybridized carbons (Fsp3) is 0.267. The molecule has 2 heteroatoms. The highest BCUT2D eigenvalue weighted by Gasteiger charge is 2.08. The second-order valence-electron chi connectivity index (χ2n) is 4.56. The molecule has 1 atom stereocenters. The summed E-state index contributed by atoms with van der Waals surface area (Å²) in [5, 5.41) is 0. The first-order chi connectivity index (χ1) is 8.15. The lowest BCUT2D eigenvalue weighted by molar-refractivity contribution is 0.696. The summed E-state index contributed by atoms with van der Waals surface area (Å²) < 4.78 is 0. The second-order valence-corrected chi connectivity index (χ2v) is 4.56. The molecule has 2 aromatic rings. The molecule has 88 valence electrons. The van der Waals surface area contributed by atoms with Crippen LogP contribution in [0.3, 0.4) is 0 Å². The second kappa shape index (κ2) is 5.11. The molecule has 0 bridgehead atoms. The normalized spacial score (nSPS) is 12.4. The Morgan fingerprint density at radius 2 is 1.82 bits per heavy atom. The van der Waals surface area contributed by atoms with E-state index in [-0.39, 0.29) is 6.04 Å². The Balaban J connectivity index is 2.16. The van der Waals surface area contributed by atoms with Gasteiger partial charge in [-0.15, -0.1) is 0 Å². The van der Waals surface area contributed by atoms with Crippen LogP contribution in [-0.4, -0.2) is 4.98 Å². The third kappa shape index (κ3) is 3.14. The molecular formula is C15H18N2. The van der Waals surface area contributed by atoms with E-state index >= 15 is 0 Å². The van der Waals surface area contributed by atoms with Gasteiger partial charge in [0.2, 0.25) is 0 Å². The summed E-state index contributed by atoms with van der Waals surface area (Å²) in [7, 11) is 0. The fourth-order valence-corrected chi connectivity index (χ4v) is 2.14. The van der Waals surface area contributed by atoms with Crippen molar-refractivity contribution < 1.29 is 0 Å². The van der Waals surface area contributed by atoms with Gasteiger partial charge >= 0.3 is 0 Å². The first kappa shape index (κ1) is 11.8. The minimum absolute atomic E-state index is 0.0302. The molecule has 2 rings (SSSR count). The van der Waals surface area contributed by atoms with Crippen LogP contribution in [0.5, 0.6) is 0 Å². The Morgan fingerprint density at radius 3 is 2.41 bits per heavy atom. The maximum atomic E-state index is 6.16. The summed E-state index contributed by atoms with van der Waals surface area (Å²) >= 11 is 0. The van der Waals surface area contributed by atoms with Crippen molar-refractivity contribution >= 4 is 0 Å². The molecule has 0 amide bonds. The molecule has 1 unspecified atom stereocenters. The number of hydrogen-bond donors (Lipinski definition) is 1. The summed E-state index contributed by atoms with van der Waals surface area (Å²) in [5.74, 6) is 0. The van der Waals surface area contributed by atoms with Crippen molar-refractivity contribution in [3.8, 4) is 0 Å².